The van der Waals surface area contributed by atoms with Crippen LogP contribution in [0.15, 0.2) is 11.0 Å². The maximum atomic E-state index is 12.4. The van der Waals surface area contributed by atoms with Crippen LogP contribution in [0.25, 0.3) is 0 Å². The van der Waals surface area contributed by atoms with Gasteiger partial charge in [-0.15, -0.1) is 11.3 Å². The molecule has 8 heteroatoms. The lowest BCUT2D eigenvalue weighted by molar-refractivity contribution is -0.0156. The smallest absolute Gasteiger partial charge is 0.241 e. The van der Waals surface area contributed by atoms with E-state index in [4.69, 9.17) is 4.74 Å². The fourth-order valence-corrected chi connectivity index (χ4v) is 5.03. The quantitative estimate of drug-likeness (QED) is 0.788. The predicted octanol–water partition coefficient (Wildman–Crippen LogP) is 0.385. The summed E-state index contributed by atoms with van der Waals surface area (Å²) in [6.45, 7) is 5.10. The van der Waals surface area contributed by atoms with Crippen molar-refractivity contribution in [1.29, 1.82) is 0 Å². The van der Waals surface area contributed by atoms with E-state index in [0.717, 1.165) is 22.8 Å². The monoisotopic (exact) mass is 333 g/mol. The Morgan fingerprint density at radius 3 is 2.95 bits per heavy atom. The normalized spacial score (nSPS) is 20.8. The molecule has 0 aromatic carbocycles. The van der Waals surface area contributed by atoms with Gasteiger partial charge in [0.05, 0.1) is 17.6 Å². The highest BCUT2D eigenvalue weighted by molar-refractivity contribution is 7.89. The molecule has 2 N–H and O–H groups in total. The molecule has 0 spiro atoms. The Morgan fingerprint density at radius 1 is 1.52 bits per heavy atom. The molecule has 6 nitrogen and oxygen atoms in total. The number of rotatable bonds is 6. The van der Waals surface area contributed by atoms with Crippen LogP contribution >= 0.6 is 11.3 Å². The molecule has 1 aliphatic heterocycles. The summed E-state index contributed by atoms with van der Waals surface area (Å²) in [6.07, 6.45) is -0.0887. The minimum atomic E-state index is -3.47. The first-order valence-corrected chi connectivity index (χ1v) is 9.26. The maximum Gasteiger partial charge on any atom is 0.241 e. The molecular weight excluding hydrogens is 310 g/mol. The van der Waals surface area contributed by atoms with Crippen molar-refractivity contribution in [2.45, 2.75) is 24.5 Å². The van der Waals surface area contributed by atoms with Gasteiger partial charge in [0.2, 0.25) is 10.0 Å². The molecule has 21 heavy (non-hydrogen) atoms. The molecule has 1 atom stereocenters. The Morgan fingerprint density at radius 2 is 2.29 bits per heavy atom. The molecule has 0 saturated carbocycles. The van der Waals surface area contributed by atoms with Crippen LogP contribution < -0.4 is 10.0 Å². The zero-order valence-electron chi connectivity index (χ0n) is 12.7. The Labute approximate surface area is 130 Å². The van der Waals surface area contributed by atoms with Gasteiger partial charge in [0, 0.05) is 35.9 Å². The summed E-state index contributed by atoms with van der Waals surface area (Å²) in [5.74, 6) is 0. The van der Waals surface area contributed by atoms with E-state index in [1.807, 2.05) is 21.0 Å². The number of thiophene rings is 1. The number of nitrogens with one attached hydrogen (secondary N) is 2. The van der Waals surface area contributed by atoms with Crippen LogP contribution in [0.5, 0.6) is 0 Å². The van der Waals surface area contributed by atoms with E-state index < -0.39 is 10.0 Å². The third-order valence-corrected chi connectivity index (χ3v) is 6.14. The first kappa shape index (κ1) is 16.9. The average molecular weight is 333 g/mol. The van der Waals surface area contributed by atoms with Crippen molar-refractivity contribution in [1.82, 2.24) is 14.9 Å². The van der Waals surface area contributed by atoms with Crippen molar-refractivity contribution in [3.8, 4) is 0 Å². The number of aryl methyl sites for hydroxylation is 1. The van der Waals surface area contributed by atoms with Crippen LogP contribution in [0.4, 0.5) is 0 Å². The lowest BCUT2D eigenvalue weighted by Gasteiger charge is -2.30. The van der Waals surface area contributed by atoms with Gasteiger partial charge in [-0.25, -0.2) is 13.1 Å². The summed E-state index contributed by atoms with van der Waals surface area (Å²) in [6, 6.07) is 1.74. The van der Waals surface area contributed by atoms with Gasteiger partial charge in [-0.1, -0.05) is 0 Å². The van der Waals surface area contributed by atoms with Gasteiger partial charge in [-0.05, 0) is 27.1 Å². The first-order valence-electron chi connectivity index (χ1n) is 6.96. The van der Waals surface area contributed by atoms with Crippen LogP contribution in [-0.2, 0) is 21.3 Å². The number of morpholine rings is 1. The predicted molar refractivity (Wildman–Crippen MR) is 84.2 cm³/mol. The molecule has 1 aromatic rings. The van der Waals surface area contributed by atoms with Gasteiger partial charge in [-0.3, -0.25) is 0 Å². The molecule has 1 aliphatic rings. The Kier molecular flexibility index (Phi) is 5.75. The second kappa shape index (κ2) is 7.17. The third-order valence-electron chi connectivity index (χ3n) is 3.41. The minimum Gasteiger partial charge on any atom is -0.374 e. The zero-order chi connectivity index (χ0) is 15.5. The first-order chi connectivity index (χ1) is 9.92. The molecule has 0 radical (unpaired) electrons. The van der Waals surface area contributed by atoms with Crippen LogP contribution in [0.1, 0.15) is 9.75 Å². The van der Waals surface area contributed by atoms with Gasteiger partial charge in [-0.2, -0.15) is 0 Å². The number of ether oxygens (including phenoxy) is 1. The van der Waals surface area contributed by atoms with E-state index in [1.54, 1.807) is 6.07 Å². The van der Waals surface area contributed by atoms with Crippen LogP contribution in [0.3, 0.4) is 0 Å². The van der Waals surface area contributed by atoms with E-state index in [-0.39, 0.29) is 6.10 Å². The summed E-state index contributed by atoms with van der Waals surface area (Å²) in [5, 5.41) is 3.03. The molecule has 120 valence electrons. The molecule has 0 aliphatic carbocycles. The van der Waals surface area contributed by atoms with Gasteiger partial charge < -0.3 is 15.0 Å². The second-order valence-electron chi connectivity index (χ2n) is 5.27. The van der Waals surface area contributed by atoms with Crippen molar-refractivity contribution in [3.63, 3.8) is 0 Å². The molecule has 1 fully saturated rings. The molecule has 0 amide bonds. The Balaban J connectivity index is 2.01. The highest BCUT2D eigenvalue weighted by atomic mass is 32.2. The minimum absolute atomic E-state index is 0.0887. The molecule has 2 rings (SSSR count). The van der Waals surface area contributed by atoms with Gasteiger partial charge >= 0.3 is 0 Å². The summed E-state index contributed by atoms with van der Waals surface area (Å²) < 4.78 is 33.0. The summed E-state index contributed by atoms with van der Waals surface area (Å²) >= 11 is 1.51. The van der Waals surface area contributed by atoms with Crippen molar-refractivity contribution < 1.29 is 13.2 Å². The summed E-state index contributed by atoms with van der Waals surface area (Å²) in [7, 11) is 0.385. The fourth-order valence-electron chi connectivity index (χ4n) is 2.32. The van der Waals surface area contributed by atoms with Crippen molar-refractivity contribution in [3.05, 3.63) is 15.8 Å². The van der Waals surface area contributed by atoms with Crippen LogP contribution in [0, 0.1) is 6.92 Å². The maximum absolute atomic E-state index is 12.4. The molecule has 1 saturated heterocycles. The second-order valence-corrected chi connectivity index (χ2v) is 8.35. The molecule has 1 aromatic heterocycles. The highest BCUT2D eigenvalue weighted by Gasteiger charge is 2.23. The molecular formula is C13H23N3O3S2. The summed E-state index contributed by atoms with van der Waals surface area (Å²) in [4.78, 5) is 4.35. The van der Waals surface area contributed by atoms with Gasteiger partial charge in [0.1, 0.15) is 0 Å². The van der Waals surface area contributed by atoms with Crippen LogP contribution in [-0.4, -0.2) is 59.8 Å². The van der Waals surface area contributed by atoms with E-state index in [9.17, 15) is 8.42 Å². The standard InChI is InChI=1S/C13H23N3O3S2/c1-10-13(6-12(20-10)8-14-2)21(17,18)15-7-11-9-16(3)4-5-19-11/h6,11,14-15H,4-5,7-9H2,1-3H3. The van der Waals surface area contributed by atoms with E-state index in [2.05, 4.69) is 14.9 Å². The molecule has 1 unspecified atom stereocenters. The third kappa shape index (κ3) is 4.48. The highest BCUT2D eigenvalue weighted by Crippen LogP contribution is 2.25. The topological polar surface area (TPSA) is 70.7 Å². The SMILES string of the molecule is CNCc1cc(S(=O)(=O)NCC2CN(C)CCO2)c(C)s1. The van der Waals surface area contributed by atoms with Crippen molar-refractivity contribution in [2.24, 2.45) is 0 Å². The lowest BCUT2D eigenvalue weighted by Crippen LogP contribution is -2.45. The zero-order valence-corrected chi connectivity index (χ0v) is 14.3. The number of hydrogen-bond donors (Lipinski definition) is 2. The largest absolute Gasteiger partial charge is 0.374 e. The number of sulfonamides is 1. The number of nitrogens with zero attached hydrogens (tertiary/aromatic N) is 1. The lowest BCUT2D eigenvalue weighted by atomic mass is 10.3. The van der Waals surface area contributed by atoms with Gasteiger partial charge in [0.25, 0.3) is 0 Å². The Hall–Kier alpha value is -0.510. The summed E-state index contributed by atoms with van der Waals surface area (Å²) in [5.41, 5.74) is 0. The fraction of sp³-hybridized carbons (Fsp3) is 0.692. The molecule has 0 bridgehead atoms. The Bertz CT molecular complexity index is 571. The average Bonchev–Trinajstić information content (AvgIpc) is 2.79. The number of likely N-dealkylation sites (N-methyl/N-ethyl adjacent to an activating group) is 1. The van der Waals surface area contributed by atoms with Crippen LogP contribution in [0.2, 0.25) is 0 Å². The van der Waals surface area contributed by atoms with Crippen molar-refractivity contribution >= 4 is 21.4 Å². The van der Waals surface area contributed by atoms with E-state index >= 15 is 0 Å². The number of hydrogen-bond acceptors (Lipinski definition) is 6. The molecule has 2 heterocycles. The van der Waals surface area contributed by atoms with Crippen molar-refractivity contribution in [2.75, 3.05) is 40.3 Å². The van der Waals surface area contributed by atoms with E-state index in [1.165, 1.54) is 11.3 Å². The van der Waals surface area contributed by atoms with E-state index in [0.29, 0.717) is 24.6 Å². The van der Waals surface area contributed by atoms with Gasteiger partial charge in [0.15, 0.2) is 0 Å².